The van der Waals surface area contributed by atoms with Crippen LogP contribution in [0.15, 0.2) is 11.6 Å². The van der Waals surface area contributed by atoms with Gasteiger partial charge >= 0.3 is 0 Å². The molecule has 0 N–H and O–H groups in total. The second-order valence-electron chi connectivity index (χ2n) is 4.25. The summed E-state index contributed by atoms with van der Waals surface area (Å²) in [6, 6.07) is 0. The lowest BCUT2D eigenvalue weighted by molar-refractivity contribution is 0.419. The number of hydrogen-bond donors (Lipinski definition) is 0. The van der Waals surface area contributed by atoms with Crippen molar-refractivity contribution < 1.29 is 0 Å². The van der Waals surface area contributed by atoms with Gasteiger partial charge in [0.2, 0.25) is 0 Å². The third kappa shape index (κ3) is 5.13. The summed E-state index contributed by atoms with van der Waals surface area (Å²) < 4.78 is 0. The standard InChI is InChI=1S/C13H26/c1-6-9-11(4)10-12(5)13(7-2)8-3/h7,11-12H,6,8-10H2,1-5H3. The molecule has 0 aromatic rings. The molecule has 0 heteroatoms. The van der Waals surface area contributed by atoms with E-state index in [1.165, 1.54) is 25.7 Å². The zero-order valence-electron chi connectivity index (χ0n) is 10.1. The van der Waals surface area contributed by atoms with Gasteiger partial charge in [0.05, 0.1) is 0 Å². The minimum absolute atomic E-state index is 0.788. The number of hydrogen-bond acceptors (Lipinski definition) is 0. The molecule has 0 aliphatic rings. The highest BCUT2D eigenvalue weighted by Gasteiger charge is 2.10. The van der Waals surface area contributed by atoms with E-state index in [9.17, 15) is 0 Å². The van der Waals surface area contributed by atoms with E-state index < -0.39 is 0 Å². The maximum absolute atomic E-state index is 2.38. The Morgan fingerprint density at radius 2 is 1.85 bits per heavy atom. The normalized spacial score (nSPS) is 17.2. The van der Waals surface area contributed by atoms with Crippen LogP contribution in [-0.2, 0) is 0 Å². The molecule has 0 rings (SSSR count). The van der Waals surface area contributed by atoms with Crippen LogP contribution in [0.4, 0.5) is 0 Å². The fourth-order valence-corrected chi connectivity index (χ4v) is 2.20. The summed E-state index contributed by atoms with van der Waals surface area (Å²) in [5, 5.41) is 0. The van der Waals surface area contributed by atoms with Crippen LogP contribution < -0.4 is 0 Å². The van der Waals surface area contributed by atoms with E-state index in [2.05, 4.69) is 40.7 Å². The highest BCUT2D eigenvalue weighted by atomic mass is 14.2. The molecule has 0 nitrogen and oxygen atoms in total. The first-order valence-corrected chi connectivity index (χ1v) is 5.80. The van der Waals surface area contributed by atoms with Gasteiger partial charge in [-0.05, 0) is 31.6 Å². The molecule has 0 aromatic carbocycles. The molecular formula is C13H26. The smallest absolute Gasteiger partial charge is 0.0229 e. The Morgan fingerprint density at radius 1 is 1.23 bits per heavy atom. The first-order valence-electron chi connectivity index (χ1n) is 5.80. The minimum atomic E-state index is 0.788. The lowest BCUT2D eigenvalue weighted by Gasteiger charge is -2.18. The molecule has 0 bridgehead atoms. The summed E-state index contributed by atoms with van der Waals surface area (Å²) in [6.07, 6.45) is 7.58. The van der Waals surface area contributed by atoms with Gasteiger partial charge in [-0.25, -0.2) is 0 Å². The van der Waals surface area contributed by atoms with Gasteiger partial charge in [0.25, 0.3) is 0 Å². The van der Waals surface area contributed by atoms with Gasteiger partial charge in [0, 0.05) is 0 Å². The van der Waals surface area contributed by atoms with E-state index in [1.807, 2.05) is 0 Å². The second kappa shape index (κ2) is 7.17. The third-order valence-corrected chi connectivity index (χ3v) is 2.95. The maximum Gasteiger partial charge on any atom is -0.0229 e. The Balaban J connectivity index is 3.90. The zero-order valence-corrected chi connectivity index (χ0v) is 10.1. The molecule has 0 amide bonds. The van der Waals surface area contributed by atoms with Crippen LogP contribution in [0, 0.1) is 11.8 Å². The summed E-state index contributed by atoms with van der Waals surface area (Å²) in [6.45, 7) is 11.4. The molecule has 0 heterocycles. The van der Waals surface area contributed by atoms with Crippen molar-refractivity contribution in [3.8, 4) is 0 Å². The molecule has 0 spiro atoms. The van der Waals surface area contributed by atoms with E-state index in [4.69, 9.17) is 0 Å². The Morgan fingerprint density at radius 3 is 2.23 bits per heavy atom. The summed E-state index contributed by atoms with van der Waals surface area (Å²) in [5.74, 6) is 1.68. The molecule has 0 radical (unpaired) electrons. The average molecular weight is 182 g/mol. The molecule has 2 atom stereocenters. The monoisotopic (exact) mass is 182 g/mol. The van der Waals surface area contributed by atoms with E-state index in [1.54, 1.807) is 5.57 Å². The summed E-state index contributed by atoms with van der Waals surface area (Å²) in [5.41, 5.74) is 1.63. The van der Waals surface area contributed by atoms with Gasteiger partial charge in [-0.2, -0.15) is 0 Å². The molecule has 0 fully saturated rings. The molecule has 0 aromatic heterocycles. The molecular weight excluding hydrogens is 156 g/mol. The van der Waals surface area contributed by atoms with Crippen molar-refractivity contribution in [1.29, 1.82) is 0 Å². The first kappa shape index (κ1) is 12.7. The lowest BCUT2D eigenvalue weighted by Crippen LogP contribution is -2.05. The Hall–Kier alpha value is -0.260. The highest BCUT2D eigenvalue weighted by Crippen LogP contribution is 2.24. The number of allylic oxidation sites excluding steroid dienone is 2. The van der Waals surface area contributed by atoms with Crippen LogP contribution in [-0.4, -0.2) is 0 Å². The summed E-state index contributed by atoms with van der Waals surface area (Å²) in [7, 11) is 0. The highest BCUT2D eigenvalue weighted by molar-refractivity contribution is 5.03. The van der Waals surface area contributed by atoms with Gasteiger partial charge in [0.15, 0.2) is 0 Å². The molecule has 0 saturated heterocycles. The van der Waals surface area contributed by atoms with Crippen molar-refractivity contribution in [2.45, 2.75) is 60.3 Å². The van der Waals surface area contributed by atoms with Crippen LogP contribution in [0.2, 0.25) is 0 Å². The van der Waals surface area contributed by atoms with Crippen LogP contribution in [0.1, 0.15) is 60.3 Å². The summed E-state index contributed by atoms with van der Waals surface area (Å²) >= 11 is 0. The van der Waals surface area contributed by atoms with Gasteiger partial charge < -0.3 is 0 Å². The minimum Gasteiger partial charge on any atom is -0.0882 e. The zero-order chi connectivity index (χ0) is 10.3. The van der Waals surface area contributed by atoms with E-state index >= 15 is 0 Å². The fourth-order valence-electron chi connectivity index (χ4n) is 2.20. The Kier molecular flexibility index (Phi) is 7.03. The maximum atomic E-state index is 2.38. The van der Waals surface area contributed by atoms with Gasteiger partial charge in [-0.3, -0.25) is 0 Å². The fraction of sp³-hybridized carbons (Fsp3) is 0.846. The van der Waals surface area contributed by atoms with Gasteiger partial charge in [-0.15, -0.1) is 0 Å². The van der Waals surface area contributed by atoms with Crippen molar-refractivity contribution >= 4 is 0 Å². The predicted octanol–water partition coefficient (Wildman–Crippen LogP) is 4.81. The molecule has 0 saturated carbocycles. The topological polar surface area (TPSA) is 0 Å². The van der Waals surface area contributed by atoms with Crippen LogP contribution in [0.5, 0.6) is 0 Å². The quantitative estimate of drug-likeness (QED) is 0.517. The summed E-state index contributed by atoms with van der Waals surface area (Å²) in [4.78, 5) is 0. The van der Waals surface area contributed by atoms with Crippen molar-refractivity contribution in [3.63, 3.8) is 0 Å². The van der Waals surface area contributed by atoms with Crippen molar-refractivity contribution in [1.82, 2.24) is 0 Å². The van der Waals surface area contributed by atoms with Crippen molar-refractivity contribution in [2.75, 3.05) is 0 Å². The predicted molar refractivity (Wildman–Crippen MR) is 61.9 cm³/mol. The SMILES string of the molecule is CC=C(CC)C(C)CC(C)CCC. The average Bonchev–Trinajstić information content (AvgIpc) is 2.06. The van der Waals surface area contributed by atoms with E-state index in [-0.39, 0.29) is 0 Å². The second-order valence-corrected chi connectivity index (χ2v) is 4.25. The van der Waals surface area contributed by atoms with Crippen LogP contribution in [0.25, 0.3) is 0 Å². The number of rotatable bonds is 6. The largest absolute Gasteiger partial charge is 0.0882 e. The van der Waals surface area contributed by atoms with Crippen molar-refractivity contribution in [2.24, 2.45) is 11.8 Å². The van der Waals surface area contributed by atoms with E-state index in [0.717, 1.165) is 11.8 Å². The van der Waals surface area contributed by atoms with E-state index in [0.29, 0.717) is 0 Å². The first-order chi connectivity index (χ1) is 6.15. The molecule has 78 valence electrons. The van der Waals surface area contributed by atoms with Gasteiger partial charge in [0.1, 0.15) is 0 Å². The molecule has 0 aliphatic heterocycles. The lowest BCUT2D eigenvalue weighted by atomic mass is 9.87. The van der Waals surface area contributed by atoms with Gasteiger partial charge in [-0.1, -0.05) is 52.2 Å². The van der Waals surface area contributed by atoms with Crippen LogP contribution >= 0.6 is 0 Å². The molecule has 0 aliphatic carbocycles. The Bertz CT molecular complexity index is 144. The Labute approximate surface area is 84.4 Å². The van der Waals surface area contributed by atoms with Crippen LogP contribution in [0.3, 0.4) is 0 Å². The molecule has 13 heavy (non-hydrogen) atoms. The third-order valence-electron chi connectivity index (χ3n) is 2.95. The molecule has 2 unspecified atom stereocenters. The van der Waals surface area contributed by atoms with Crippen molar-refractivity contribution in [3.05, 3.63) is 11.6 Å².